The van der Waals surface area contributed by atoms with Gasteiger partial charge in [0.2, 0.25) is 0 Å². The molecule has 0 radical (unpaired) electrons. The number of para-hydroxylation sites is 2. The van der Waals surface area contributed by atoms with Crippen LogP contribution in [0.5, 0.6) is 5.88 Å². The molecule has 2 aromatic carbocycles. The number of hydrogen-bond acceptors (Lipinski definition) is 6. The zero-order valence-electron chi connectivity index (χ0n) is 16.4. The van der Waals surface area contributed by atoms with E-state index in [-0.39, 0.29) is 11.8 Å². The Morgan fingerprint density at radius 1 is 1.00 bits per heavy atom. The lowest BCUT2D eigenvalue weighted by molar-refractivity contribution is 0.209. The number of carbonyl (C=O) groups is 1. The van der Waals surface area contributed by atoms with Crippen molar-refractivity contribution in [3.63, 3.8) is 0 Å². The molecule has 0 unspecified atom stereocenters. The lowest BCUT2D eigenvalue weighted by atomic mass is 10.2. The largest absolute Gasteiger partial charge is 0.425 e. The van der Waals surface area contributed by atoms with Gasteiger partial charge < -0.3 is 14.6 Å². The van der Waals surface area contributed by atoms with Gasteiger partial charge in [0.25, 0.3) is 11.8 Å². The molecule has 0 aliphatic heterocycles. The number of hydrogen-bond donors (Lipinski definition) is 1. The Labute approximate surface area is 172 Å². The molecule has 4 rings (SSSR count). The first-order chi connectivity index (χ1) is 14.6. The van der Waals surface area contributed by atoms with Crippen LogP contribution in [0.4, 0.5) is 22.1 Å². The van der Waals surface area contributed by atoms with E-state index in [9.17, 15) is 4.79 Å². The highest BCUT2D eigenvalue weighted by Crippen LogP contribution is 2.28. The van der Waals surface area contributed by atoms with Gasteiger partial charge in [-0.2, -0.15) is 9.97 Å². The minimum Gasteiger partial charge on any atom is -0.388 e. The SMILES string of the molecule is CN(C)/C=N/c1nc(OC(=O)N(c2ccccc2)c2ccccc2)c2[nH]cnc2n1. The topological polar surface area (TPSA) is 99.6 Å². The number of ether oxygens (including phenoxy) is 1. The molecule has 0 saturated heterocycles. The number of aromatic nitrogens is 4. The van der Waals surface area contributed by atoms with Crippen molar-refractivity contribution in [2.24, 2.45) is 4.99 Å². The van der Waals surface area contributed by atoms with Gasteiger partial charge in [-0.1, -0.05) is 36.4 Å². The lowest BCUT2D eigenvalue weighted by Gasteiger charge is -2.22. The molecule has 0 saturated carbocycles. The predicted molar refractivity (Wildman–Crippen MR) is 115 cm³/mol. The molecule has 0 spiro atoms. The number of imidazole rings is 1. The van der Waals surface area contributed by atoms with E-state index >= 15 is 0 Å². The highest BCUT2D eigenvalue weighted by molar-refractivity contribution is 5.98. The molecule has 150 valence electrons. The number of aliphatic imine (C=N–C) groups is 1. The minimum absolute atomic E-state index is 0.0465. The number of aromatic amines is 1. The molecule has 0 fully saturated rings. The van der Waals surface area contributed by atoms with Gasteiger partial charge in [-0.3, -0.25) is 0 Å². The molecule has 0 aliphatic carbocycles. The molecular weight excluding hydrogens is 382 g/mol. The standard InChI is InChI=1S/C21H19N7O2/c1-27(2)14-24-20-25-18-17(22-13-23-18)19(26-20)30-21(29)28(15-9-5-3-6-10-15)16-11-7-4-8-12-16/h3-14H,1-2H3,(H,22,23,25,26)/b24-14+. The maximum atomic E-state index is 13.2. The third kappa shape index (κ3) is 4.09. The molecule has 2 heterocycles. The number of fused-ring (bicyclic) bond motifs is 1. The number of carbonyl (C=O) groups excluding carboxylic acids is 1. The zero-order valence-corrected chi connectivity index (χ0v) is 16.4. The van der Waals surface area contributed by atoms with E-state index in [4.69, 9.17) is 4.74 Å². The van der Waals surface area contributed by atoms with Crippen molar-refractivity contribution in [1.29, 1.82) is 0 Å². The summed E-state index contributed by atoms with van der Waals surface area (Å²) in [7, 11) is 3.66. The summed E-state index contributed by atoms with van der Waals surface area (Å²) in [5.74, 6) is 0.183. The first-order valence-corrected chi connectivity index (χ1v) is 9.15. The van der Waals surface area contributed by atoms with Gasteiger partial charge in [0.05, 0.1) is 24.0 Å². The van der Waals surface area contributed by atoms with E-state index in [0.717, 1.165) is 0 Å². The van der Waals surface area contributed by atoms with Crippen molar-refractivity contribution in [2.75, 3.05) is 19.0 Å². The van der Waals surface area contributed by atoms with Crippen LogP contribution in [0.25, 0.3) is 11.2 Å². The molecule has 30 heavy (non-hydrogen) atoms. The van der Waals surface area contributed by atoms with Crippen LogP contribution in [0.3, 0.4) is 0 Å². The number of H-pyrrole nitrogens is 1. The second-order valence-electron chi connectivity index (χ2n) is 6.51. The molecule has 2 aromatic heterocycles. The number of amides is 1. The Balaban J connectivity index is 1.72. The van der Waals surface area contributed by atoms with Gasteiger partial charge in [0.1, 0.15) is 5.52 Å². The van der Waals surface area contributed by atoms with E-state index in [1.165, 1.54) is 11.2 Å². The summed E-state index contributed by atoms with van der Waals surface area (Å²) in [6, 6.07) is 18.5. The molecular formula is C21H19N7O2. The Morgan fingerprint density at radius 2 is 1.63 bits per heavy atom. The Hall–Kier alpha value is -4.27. The van der Waals surface area contributed by atoms with Crippen LogP contribution in [0.2, 0.25) is 0 Å². The summed E-state index contributed by atoms with van der Waals surface area (Å²) in [6.45, 7) is 0. The average molecular weight is 401 g/mol. The number of nitrogens with one attached hydrogen (secondary N) is 1. The highest BCUT2D eigenvalue weighted by Gasteiger charge is 2.23. The second-order valence-corrected chi connectivity index (χ2v) is 6.51. The molecule has 9 nitrogen and oxygen atoms in total. The van der Waals surface area contributed by atoms with Gasteiger partial charge in [0, 0.05) is 14.1 Å². The summed E-state index contributed by atoms with van der Waals surface area (Å²) in [5.41, 5.74) is 2.09. The fraction of sp³-hybridized carbons (Fsp3) is 0.0952. The quantitative estimate of drug-likeness (QED) is 0.402. The van der Waals surface area contributed by atoms with Crippen molar-refractivity contribution in [3.8, 4) is 5.88 Å². The zero-order chi connectivity index (χ0) is 20.9. The molecule has 0 bridgehead atoms. The van der Waals surface area contributed by atoms with Gasteiger partial charge in [-0.05, 0) is 24.3 Å². The minimum atomic E-state index is -0.621. The fourth-order valence-corrected chi connectivity index (χ4v) is 2.74. The molecule has 4 aromatic rings. The van der Waals surface area contributed by atoms with Crippen molar-refractivity contribution in [2.45, 2.75) is 0 Å². The number of benzene rings is 2. The molecule has 9 heteroatoms. The first-order valence-electron chi connectivity index (χ1n) is 9.15. The van der Waals surface area contributed by atoms with Crippen LogP contribution in [0, 0.1) is 0 Å². The summed E-state index contributed by atoms with van der Waals surface area (Å²) in [6.07, 6.45) is 2.40. The van der Waals surface area contributed by atoms with Gasteiger partial charge >= 0.3 is 6.09 Å². The summed E-state index contributed by atoms with van der Waals surface area (Å²) in [4.78, 5) is 36.2. The van der Waals surface area contributed by atoms with Crippen molar-refractivity contribution < 1.29 is 9.53 Å². The van der Waals surface area contributed by atoms with Crippen LogP contribution in [0.1, 0.15) is 0 Å². The smallest absolute Gasteiger partial charge is 0.388 e. The maximum absolute atomic E-state index is 13.2. The summed E-state index contributed by atoms with van der Waals surface area (Å²) in [5, 5.41) is 0. The molecule has 0 aliphatic rings. The van der Waals surface area contributed by atoms with Crippen molar-refractivity contribution >= 4 is 40.9 Å². The highest BCUT2D eigenvalue weighted by atomic mass is 16.6. The second kappa shape index (κ2) is 8.39. The summed E-state index contributed by atoms with van der Waals surface area (Å²) < 4.78 is 5.68. The van der Waals surface area contributed by atoms with Gasteiger partial charge in [-0.15, -0.1) is 0 Å². The Bertz CT molecular complexity index is 1130. The van der Waals surface area contributed by atoms with Crippen LogP contribution in [-0.2, 0) is 0 Å². The third-order valence-electron chi connectivity index (χ3n) is 4.04. The normalized spacial score (nSPS) is 11.0. The van der Waals surface area contributed by atoms with E-state index in [1.807, 2.05) is 74.8 Å². The number of rotatable bonds is 5. The predicted octanol–water partition coefficient (Wildman–Crippen LogP) is 3.91. The van der Waals surface area contributed by atoms with E-state index in [1.54, 1.807) is 11.2 Å². The third-order valence-corrected chi connectivity index (χ3v) is 4.04. The lowest BCUT2D eigenvalue weighted by Crippen LogP contribution is -2.29. The molecule has 1 N–H and O–H groups in total. The van der Waals surface area contributed by atoms with E-state index < -0.39 is 6.09 Å². The first kappa shape index (κ1) is 19.1. The summed E-state index contributed by atoms with van der Waals surface area (Å²) >= 11 is 0. The van der Waals surface area contributed by atoms with Gasteiger partial charge in [0.15, 0.2) is 5.65 Å². The Morgan fingerprint density at radius 3 is 2.23 bits per heavy atom. The van der Waals surface area contributed by atoms with E-state index in [2.05, 4.69) is 24.9 Å². The fourth-order valence-electron chi connectivity index (χ4n) is 2.74. The van der Waals surface area contributed by atoms with Crippen molar-refractivity contribution in [3.05, 3.63) is 67.0 Å². The molecule has 0 atom stereocenters. The van der Waals surface area contributed by atoms with Crippen LogP contribution in [-0.4, -0.2) is 51.4 Å². The molecule has 1 amide bonds. The monoisotopic (exact) mass is 401 g/mol. The number of nitrogens with zero attached hydrogens (tertiary/aromatic N) is 6. The van der Waals surface area contributed by atoms with Crippen LogP contribution >= 0.6 is 0 Å². The Kier molecular flexibility index (Phi) is 5.33. The van der Waals surface area contributed by atoms with Gasteiger partial charge in [-0.25, -0.2) is 19.7 Å². The van der Waals surface area contributed by atoms with Crippen molar-refractivity contribution in [1.82, 2.24) is 24.8 Å². The van der Waals surface area contributed by atoms with Crippen LogP contribution in [0.15, 0.2) is 72.0 Å². The van der Waals surface area contributed by atoms with E-state index in [0.29, 0.717) is 22.5 Å². The maximum Gasteiger partial charge on any atom is 0.425 e. The number of anilines is 2. The average Bonchev–Trinajstić information content (AvgIpc) is 3.23. The van der Waals surface area contributed by atoms with Crippen LogP contribution < -0.4 is 9.64 Å².